The van der Waals surface area contributed by atoms with Gasteiger partial charge in [0, 0.05) is 51.7 Å². The third-order valence-corrected chi connectivity index (χ3v) is 16.0. The largest absolute Gasteiger partial charge is 0.379 e. The average molecular weight is 1330 g/mol. The van der Waals surface area contributed by atoms with Crippen LogP contribution in [0.4, 0.5) is 0 Å². The third-order valence-electron chi connectivity index (χ3n) is 16.0. The Balaban J connectivity index is 0.770. The van der Waals surface area contributed by atoms with Gasteiger partial charge >= 0.3 is 0 Å². The number of nitrogens with one attached hydrogen (secondary N) is 4. The number of primary amides is 1. The molecule has 0 aromatic heterocycles. The van der Waals surface area contributed by atoms with Gasteiger partial charge in [-0.25, -0.2) is 0 Å². The molecule has 0 bridgehead atoms. The second-order valence-electron chi connectivity index (χ2n) is 23.0. The van der Waals surface area contributed by atoms with Crippen LogP contribution in [-0.4, -0.2) is 220 Å². The standard InChI is InChI=1S/C73H96N6O17/c74-24-29-87-33-37-91-41-45-95-49-47-94-44-40-90-36-32-86-28-23-67(82)79-63(51-59-16-14-57-12-10-53-5-3-7-55-18-20-61(59)70(57)68(53)55)72(83)76-25-2-1-9-66(81)78-64(52-60-17-15-58-13-11-54-6-4-8-56-19-21-62(60)71(58)69(54)56)73(84)77-26-30-88-34-38-92-42-46-96-50-48-93-43-39-89-35-31-85-27-22-65(75)80/h3-8,10-21,63-64H,1-2,9,22-52,74H2,(H2,75,80)(H,76,83)(H,77,84)(H,78,81)(H,79,82)/t63-,64-/m0/s1. The van der Waals surface area contributed by atoms with Crippen LogP contribution in [0.1, 0.15) is 43.2 Å². The molecule has 0 aliphatic heterocycles. The molecule has 520 valence electrons. The van der Waals surface area contributed by atoms with E-state index in [2.05, 4.69) is 106 Å². The summed E-state index contributed by atoms with van der Waals surface area (Å²) in [4.78, 5) is 66.5. The summed E-state index contributed by atoms with van der Waals surface area (Å²) in [5.41, 5.74) is 12.3. The summed E-state index contributed by atoms with van der Waals surface area (Å²) < 4.78 is 66.3. The molecule has 8 rings (SSSR count). The van der Waals surface area contributed by atoms with E-state index in [1.807, 2.05) is 24.3 Å². The van der Waals surface area contributed by atoms with Crippen molar-refractivity contribution in [2.24, 2.45) is 11.5 Å². The zero-order valence-electron chi connectivity index (χ0n) is 55.2. The van der Waals surface area contributed by atoms with Crippen molar-refractivity contribution in [2.75, 3.05) is 178 Å². The Morgan fingerprint density at radius 3 is 1.02 bits per heavy atom. The smallest absolute Gasteiger partial charge is 0.243 e. The van der Waals surface area contributed by atoms with Crippen LogP contribution < -0.4 is 32.7 Å². The fourth-order valence-electron chi connectivity index (χ4n) is 11.3. The lowest BCUT2D eigenvalue weighted by molar-refractivity contribution is -0.129. The highest BCUT2D eigenvalue weighted by Crippen LogP contribution is 2.38. The first-order valence-electron chi connectivity index (χ1n) is 33.5. The Morgan fingerprint density at radius 1 is 0.323 bits per heavy atom. The zero-order chi connectivity index (χ0) is 67.2. The SMILES string of the molecule is NCCOCCOCCOCCOCCOCCOCCC(=O)N[C@@H](Cc1ccc2ccc3cccc4ccc1c2c34)C(=O)NCCCCC(=O)N[C@@H](Cc1ccc2ccc3cccc4ccc1c2c34)C(=O)NCCOCCOCCOCCOCCOCCOCCC(N)=O. The molecule has 0 unspecified atom stereocenters. The number of amides is 5. The summed E-state index contributed by atoms with van der Waals surface area (Å²) in [6.07, 6.45) is 1.70. The second kappa shape index (κ2) is 43.1. The van der Waals surface area contributed by atoms with Crippen molar-refractivity contribution in [1.82, 2.24) is 21.3 Å². The van der Waals surface area contributed by atoms with Gasteiger partial charge in [-0.2, -0.15) is 0 Å². The summed E-state index contributed by atoms with van der Waals surface area (Å²) in [7, 11) is 0. The molecule has 23 nitrogen and oxygen atoms in total. The molecule has 0 saturated carbocycles. The summed E-state index contributed by atoms with van der Waals surface area (Å²) in [6, 6.07) is 35.7. The Kier molecular flexibility index (Phi) is 33.4. The van der Waals surface area contributed by atoms with E-state index in [9.17, 15) is 24.0 Å². The van der Waals surface area contributed by atoms with E-state index in [1.54, 1.807) is 0 Å². The number of hydrogen-bond donors (Lipinski definition) is 6. The van der Waals surface area contributed by atoms with Crippen LogP contribution in [0.5, 0.6) is 0 Å². The number of ether oxygens (including phenoxy) is 12. The number of benzene rings is 8. The Bertz CT molecular complexity index is 3560. The predicted octanol–water partition coefficient (Wildman–Crippen LogP) is 6.06. The van der Waals surface area contributed by atoms with Crippen molar-refractivity contribution in [3.05, 3.63) is 120 Å². The lowest BCUT2D eigenvalue weighted by Gasteiger charge is -2.21. The molecule has 0 aliphatic rings. The van der Waals surface area contributed by atoms with E-state index in [0.717, 1.165) is 75.8 Å². The minimum Gasteiger partial charge on any atom is -0.379 e. The molecule has 2 atom stereocenters. The van der Waals surface area contributed by atoms with E-state index >= 15 is 0 Å². The van der Waals surface area contributed by atoms with Gasteiger partial charge in [0.1, 0.15) is 12.1 Å². The molecule has 0 saturated heterocycles. The fourth-order valence-corrected chi connectivity index (χ4v) is 11.3. The summed E-state index contributed by atoms with van der Waals surface area (Å²) in [5, 5.41) is 25.3. The van der Waals surface area contributed by atoms with Crippen molar-refractivity contribution in [2.45, 2.75) is 57.0 Å². The normalized spacial score (nSPS) is 12.4. The van der Waals surface area contributed by atoms with Gasteiger partial charge in [-0.05, 0) is 88.6 Å². The Labute approximate surface area is 561 Å². The molecule has 0 radical (unpaired) electrons. The van der Waals surface area contributed by atoms with Crippen LogP contribution in [0.2, 0.25) is 0 Å². The number of hydrogen-bond acceptors (Lipinski definition) is 18. The van der Waals surface area contributed by atoms with Gasteiger partial charge < -0.3 is 89.6 Å². The highest BCUT2D eigenvalue weighted by molar-refractivity contribution is 6.24. The van der Waals surface area contributed by atoms with Gasteiger partial charge in [0.2, 0.25) is 29.5 Å². The van der Waals surface area contributed by atoms with E-state index in [0.29, 0.717) is 152 Å². The molecule has 0 fully saturated rings. The van der Waals surface area contributed by atoms with Crippen LogP contribution in [-0.2, 0) is 93.7 Å². The second-order valence-corrected chi connectivity index (χ2v) is 23.0. The molecule has 23 heteroatoms. The highest BCUT2D eigenvalue weighted by Gasteiger charge is 2.25. The van der Waals surface area contributed by atoms with Gasteiger partial charge in [-0.1, -0.05) is 109 Å². The van der Waals surface area contributed by atoms with Crippen LogP contribution in [0.15, 0.2) is 109 Å². The number of unbranched alkanes of at least 4 members (excludes halogenated alkanes) is 1. The molecule has 0 aliphatic carbocycles. The topological polar surface area (TPSA) is 296 Å². The molecule has 96 heavy (non-hydrogen) atoms. The van der Waals surface area contributed by atoms with Crippen molar-refractivity contribution in [1.29, 1.82) is 0 Å². The lowest BCUT2D eigenvalue weighted by Crippen LogP contribution is -2.49. The van der Waals surface area contributed by atoms with Gasteiger partial charge in [0.25, 0.3) is 0 Å². The predicted molar refractivity (Wildman–Crippen MR) is 369 cm³/mol. The maximum atomic E-state index is 14.2. The van der Waals surface area contributed by atoms with Crippen LogP contribution in [0, 0.1) is 0 Å². The average Bonchev–Trinajstić information content (AvgIpc) is 0.752. The Morgan fingerprint density at radius 2 is 0.635 bits per heavy atom. The minimum atomic E-state index is -0.909. The summed E-state index contributed by atoms with van der Waals surface area (Å²) >= 11 is 0. The molecule has 8 N–H and O–H groups in total. The number of rotatable bonds is 54. The van der Waals surface area contributed by atoms with Crippen molar-refractivity contribution in [3.8, 4) is 0 Å². The number of carbonyl (C=O) groups is 5. The van der Waals surface area contributed by atoms with Crippen LogP contribution in [0.3, 0.4) is 0 Å². The van der Waals surface area contributed by atoms with Crippen LogP contribution in [0.25, 0.3) is 64.6 Å². The molecule has 0 heterocycles. The van der Waals surface area contributed by atoms with Crippen molar-refractivity contribution < 1.29 is 80.8 Å². The first-order valence-corrected chi connectivity index (χ1v) is 33.5. The maximum Gasteiger partial charge on any atom is 0.243 e. The first-order chi connectivity index (χ1) is 47.2. The molecular weight excluding hydrogens is 1230 g/mol. The van der Waals surface area contributed by atoms with E-state index < -0.39 is 18.0 Å². The fraction of sp³-hybridized carbons (Fsp3) is 0.493. The molecule has 8 aromatic carbocycles. The Hall–Kier alpha value is -7.33. The summed E-state index contributed by atoms with van der Waals surface area (Å²) in [6.45, 7) is 10.1. The van der Waals surface area contributed by atoms with E-state index in [4.69, 9.17) is 68.3 Å². The van der Waals surface area contributed by atoms with Crippen LogP contribution >= 0.6 is 0 Å². The quantitative estimate of drug-likeness (QED) is 0.0186. The van der Waals surface area contributed by atoms with Gasteiger partial charge in [-0.3, -0.25) is 24.0 Å². The molecule has 0 spiro atoms. The lowest BCUT2D eigenvalue weighted by atomic mass is 9.90. The molecule has 5 amide bonds. The first kappa shape index (κ1) is 74.5. The summed E-state index contributed by atoms with van der Waals surface area (Å²) in [5.74, 6) is -1.72. The monoisotopic (exact) mass is 1330 g/mol. The van der Waals surface area contributed by atoms with E-state index in [1.165, 1.54) is 0 Å². The van der Waals surface area contributed by atoms with Gasteiger partial charge in [0.15, 0.2) is 0 Å². The molecule has 8 aromatic rings. The molecular formula is C73H96N6O17. The number of carbonyl (C=O) groups excluding carboxylic acids is 5. The van der Waals surface area contributed by atoms with Crippen molar-refractivity contribution in [3.63, 3.8) is 0 Å². The zero-order valence-corrected chi connectivity index (χ0v) is 55.2. The third kappa shape index (κ3) is 25.0. The van der Waals surface area contributed by atoms with Gasteiger partial charge in [0.05, 0.1) is 159 Å². The minimum absolute atomic E-state index is 0.0319. The van der Waals surface area contributed by atoms with Crippen molar-refractivity contribution >= 4 is 94.2 Å². The van der Waals surface area contributed by atoms with Gasteiger partial charge in [-0.15, -0.1) is 0 Å². The van der Waals surface area contributed by atoms with E-state index in [-0.39, 0.29) is 95.2 Å². The maximum absolute atomic E-state index is 14.2. The highest BCUT2D eigenvalue weighted by atomic mass is 16.6. The number of nitrogens with two attached hydrogens (primary N) is 2.